The first-order chi connectivity index (χ1) is 16.8. The van der Waals surface area contributed by atoms with Gasteiger partial charge in [0.25, 0.3) is 0 Å². The van der Waals surface area contributed by atoms with Gasteiger partial charge in [-0.3, -0.25) is 0 Å². The minimum atomic E-state index is -0.484. The number of rotatable bonds is 5. The maximum atomic E-state index is 12.3. The van der Waals surface area contributed by atoms with E-state index in [1.54, 1.807) is 11.1 Å². The number of nitrogens with one attached hydrogen (secondary N) is 2. The van der Waals surface area contributed by atoms with E-state index in [-0.39, 0.29) is 6.09 Å². The molecule has 2 aromatic heterocycles. The number of ether oxygens (including phenoxy) is 1. The Balaban J connectivity index is 1.36. The summed E-state index contributed by atoms with van der Waals surface area (Å²) in [5.74, 6) is 7.95. The molecule has 2 aliphatic rings. The average molecular weight is 478 g/mol. The summed E-state index contributed by atoms with van der Waals surface area (Å²) in [7, 11) is 0. The normalized spacial score (nSPS) is 16.5. The monoisotopic (exact) mass is 477 g/mol. The van der Waals surface area contributed by atoms with Crippen molar-refractivity contribution in [2.75, 3.05) is 41.7 Å². The lowest BCUT2D eigenvalue weighted by Crippen LogP contribution is -2.50. The van der Waals surface area contributed by atoms with Crippen LogP contribution in [0.4, 0.5) is 28.1 Å². The lowest BCUT2D eigenvalue weighted by molar-refractivity contribution is 0.0240. The van der Waals surface area contributed by atoms with Crippen molar-refractivity contribution < 1.29 is 9.53 Å². The first kappa shape index (κ1) is 24.6. The fraction of sp³-hybridized carbons (Fsp3) is 0.538. The molecule has 0 aromatic carbocycles. The number of pyridine rings is 1. The first-order valence-electron chi connectivity index (χ1n) is 12.3. The predicted molar refractivity (Wildman–Crippen MR) is 138 cm³/mol. The van der Waals surface area contributed by atoms with Gasteiger partial charge in [0.1, 0.15) is 17.2 Å². The molecule has 0 spiro atoms. The van der Waals surface area contributed by atoms with Crippen LogP contribution < -0.4 is 15.5 Å². The van der Waals surface area contributed by atoms with Gasteiger partial charge in [-0.25, -0.2) is 14.8 Å². The standard InChI is InChI=1S/C26H35N7O2/c1-5-8-19-17-28-24(31-23(19)29-20-9-6-7-10-20)30-22-12-11-21(18-27-22)32-13-15-33(16-14-32)25(34)35-26(2,3)4/h11-12,17-18,20H,6-7,9-10,13-16H2,1-4H3,(H2,27,28,29,30,31). The molecule has 0 unspecified atom stereocenters. The van der Waals surface area contributed by atoms with Gasteiger partial charge in [-0.2, -0.15) is 4.98 Å². The van der Waals surface area contributed by atoms with Crippen molar-refractivity contribution in [2.45, 2.75) is 65.0 Å². The maximum absolute atomic E-state index is 12.3. The molecule has 0 radical (unpaired) electrons. The van der Waals surface area contributed by atoms with Gasteiger partial charge in [0, 0.05) is 32.2 Å². The lowest BCUT2D eigenvalue weighted by atomic mass is 10.2. The van der Waals surface area contributed by atoms with Crippen LogP contribution in [0, 0.1) is 11.8 Å². The fourth-order valence-electron chi connectivity index (χ4n) is 4.28. The quantitative estimate of drug-likeness (QED) is 0.612. The minimum Gasteiger partial charge on any atom is -0.444 e. The van der Waals surface area contributed by atoms with Crippen LogP contribution in [0.1, 0.15) is 58.9 Å². The molecule has 35 heavy (non-hydrogen) atoms. The summed E-state index contributed by atoms with van der Waals surface area (Å²) in [5, 5.41) is 6.74. The number of carbonyl (C=O) groups is 1. The summed E-state index contributed by atoms with van der Waals surface area (Å²) >= 11 is 0. The molecule has 1 saturated carbocycles. The Morgan fingerprint density at radius 2 is 1.83 bits per heavy atom. The molecule has 2 N–H and O–H groups in total. The van der Waals surface area contributed by atoms with Crippen molar-refractivity contribution >= 4 is 29.4 Å². The molecule has 1 saturated heterocycles. The molecule has 3 heterocycles. The number of hydrogen-bond donors (Lipinski definition) is 2. The van der Waals surface area contributed by atoms with E-state index in [0.29, 0.717) is 30.9 Å². The largest absolute Gasteiger partial charge is 0.444 e. The molecule has 1 aliphatic heterocycles. The number of piperazine rings is 1. The van der Waals surface area contributed by atoms with Gasteiger partial charge in [-0.1, -0.05) is 18.8 Å². The SMILES string of the molecule is CC#Cc1cnc(Nc2ccc(N3CCN(C(=O)OC(C)(C)C)CC3)cn2)nc1NC1CCCC1. The molecular formula is C26H35N7O2. The van der Waals surface area contributed by atoms with E-state index >= 15 is 0 Å². The van der Waals surface area contributed by atoms with Gasteiger partial charge < -0.3 is 25.2 Å². The van der Waals surface area contributed by atoms with Gasteiger partial charge in [-0.15, -0.1) is 5.92 Å². The Hall–Kier alpha value is -3.54. The Labute approximate surface area is 207 Å². The molecule has 4 rings (SSSR count). The maximum Gasteiger partial charge on any atom is 0.410 e. The number of nitrogens with zero attached hydrogens (tertiary/aromatic N) is 5. The molecule has 2 aromatic rings. The Bertz CT molecular complexity index is 1070. The second-order valence-corrected chi connectivity index (χ2v) is 9.94. The zero-order valence-electron chi connectivity index (χ0n) is 21.1. The summed E-state index contributed by atoms with van der Waals surface area (Å²) < 4.78 is 5.48. The van der Waals surface area contributed by atoms with Crippen molar-refractivity contribution in [3.63, 3.8) is 0 Å². The van der Waals surface area contributed by atoms with Gasteiger partial charge in [0.15, 0.2) is 0 Å². The Morgan fingerprint density at radius 3 is 2.46 bits per heavy atom. The number of hydrogen-bond acceptors (Lipinski definition) is 8. The van der Waals surface area contributed by atoms with Gasteiger partial charge >= 0.3 is 6.09 Å². The number of amides is 1. The number of anilines is 4. The summed E-state index contributed by atoms with van der Waals surface area (Å²) in [4.78, 5) is 29.9. The molecular weight excluding hydrogens is 442 g/mol. The van der Waals surface area contributed by atoms with E-state index < -0.39 is 5.60 Å². The zero-order chi connectivity index (χ0) is 24.8. The van der Waals surface area contributed by atoms with Crippen LogP contribution >= 0.6 is 0 Å². The van der Waals surface area contributed by atoms with Crippen molar-refractivity contribution in [3.8, 4) is 11.8 Å². The third-order valence-electron chi connectivity index (χ3n) is 6.03. The lowest BCUT2D eigenvalue weighted by Gasteiger charge is -2.36. The topological polar surface area (TPSA) is 95.5 Å². The first-order valence-corrected chi connectivity index (χ1v) is 12.3. The van der Waals surface area contributed by atoms with Crippen molar-refractivity contribution in [3.05, 3.63) is 30.1 Å². The summed E-state index contributed by atoms with van der Waals surface area (Å²) in [6, 6.07) is 4.37. The van der Waals surface area contributed by atoms with E-state index in [4.69, 9.17) is 4.74 Å². The van der Waals surface area contributed by atoms with E-state index in [1.807, 2.05) is 46.0 Å². The molecule has 0 bridgehead atoms. The zero-order valence-corrected chi connectivity index (χ0v) is 21.1. The van der Waals surface area contributed by atoms with E-state index in [9.17, 15) is 4.79 Å². The van der Waals surface area contributed by atoms with Crippen LogP contribution in [0.5, 0.6) is 0 Å². The summed E-state index contributed by atoms with van der Waals surface area (Å²) in [5.41, 5.74) is 1.33. The third kappa shape index (κ3) is 6.75. The van der Waals surface area contributed by atoms with Crippen LogP contribution in [0.2, 0.25) is 0 Å². The summed E-state index contributed by atoms with van der Waals surface area (Å²) in [6.45, 7) is 10.2. The highest BCUT2D eigenvalue weighted by Crippen LogP contribution is 2.25. The second kappa shape index (κ2) is 10.8. The molecule has 2 fully saturated rings. The molecule has 9 heteroatoms. The highest BCUT2D eigenvalue weighted by atomic mass is 16.6. The second-order valence-electron chi connectivity index (χ2n) is 9.94. The van der Waals surface area contributed by atoms with Gasteiger partial charge in [0.05, 0.1) is 23.6 Å². The summed E-state index contributed by atoms with van der Waals surface area (Å²) in [6.07, 6.45) is 8.13. The molecule has 9 nitrogen and oxygen atoms in total. The van der Waals surface area contributed by atoms with Crippen LogP contribution in [-0.2, 0) is 4.74 Å². The van der Waals surface area contributed by atoms with Gasteiger partial charge in [0.2, 0.25) is 5.95 Å². The van der Waals surface area contributed by atoms with Crippen molar-refractivity contribution in [1.29, 1.82) is 0 Å². The molecule has 186 valence electrons. The number of aromatic nitrogens is 3. The molecule has 1 aliphatic carbocycles. The van der Waals surface area contributed by atoms with Crippen molar-refractivity contribution in [2.24, 2.45) is 0 Å². The average Bonchev–Trinajstić information content (AvgIpc) is 3.34. The predicted octanol–water partition coefficient (Wildman–Crippen LogP) is 4.40. The van der Waals surface area contributed by atoms with E-state index in [2.05, 4.69) is 42.3 Å². The molecule has 1 amide bonds. The van der Waals surface area contributed by atoms with Crippen LogP contribution in [0.25, 0.3) is 0 Å². The third-order valence-corrected chi connectivity index (χ3v) is 6.03. The van der Waals surface area contributed by atoms with Crippen LogP contribution in [-0.4, -0.2) is 63.8 Å². The van der Waals surface area contributed by atoms with Gasteiger partial charge in [-0.05, 0) is 52.7 Å². The van der Waals surface area contributed by atoms with E-state index in [1.165, 1.54) is 12.8 Å². The van der Waals surface area contributed by atoms with E-state index in [0.717, 1.165) is 43.0 Å². The Morgan fingerprint density at radius 1 is 1.09 bits per heavy atom. The highest BCUT2D eigenvalue weighted by Gasteiger charge is 2.26. The minimum absolute atomic E-state index is 0.257. The van der Waals surface area contributed by atoms with Crippen molar-refractivity contribution in [1.82, 2.24) is 19.9 Å². The highest BCUT2D eigenvalue weighted by molar-refractivity contribution is 5.68. The molecule has 0 atom stereocenters. The Kier molecular flexibility index (Phi) is 7.59. The number of carbonyl (C=O) groups excluding carboxylic acids is 1. The van der Waals surface area contributed by atoms with Crippen LogP contribution in [0.3, 0.4) is 0 Å². The fourth-order valence-corrected chi connectivity index (χ4v) is 4.28. The van der Waals surface area contributed by atoms with Crippen LogP contribution in [0.15, 0.2) is 24.5 Å². The smallest absolute Gasteiger partial charge is 0.410 e.